The van der Waals surface area contributed by atoms with Crippen molar-refractivity contribution in [3.63, 3.8) is 0 Å². The van der Waals surface area contributed by atoms with Gasteiger partial charge in [0.25, 0.3) is 0 Å². The molecule has 0 radical (unpaired) electrons. The summed E-state index contributed by atoms with van der Waals surface area (Å²) in [4.78, 5) is 0. The second kappa shape index (κ2) is 3.59. The first-order chi connectivity index (χ1) is 7.33. The van der Waals surface area contributed by atoms with Crippen molar-refractivity contribution in [2.75, 3.05) is 0 Å². The molecule has 0 bridgehead atoms. The van der Waals surface area contributed by atoms with Crippen LogP contribution in [0.3, 0.4) is 0 Å². The smallest absolute Gasteiger partial charge is 0.0927 e. The van der Waals surface area contributed by atoms with Crippen LogP contribution in [0.15, 0.2) is 24.3 Å². The van der Waals surface area contributed by atoms with E-state index in [-0.39, 0.29) is 5.41 Å². The molecule has 2 unspecified atom stereocenters. The zero-order valence-corrected chi connectivity index (χ0v) is 10.7. The molecule has 0 saturated heterocycles. The van der Waals surface area contributed by atoms with Gasteiger partial charge < -0.3 is 5.11 Å². The number of rotatable bonds is 1. The van der Waals surface area contributed by atoms with Gasteiger partial charge in [0.15, 0.2) is 0 Å². The Kier molecular flexibility index (Phi) is 2.62. The lowest BCUT2D eigenvalue weighted by molar-refractivity contribution is -0.000847. The van der Waals surface area contributed by atoms with E-state index in [1.807, 2.05) is 0 Å². The van der Waals surface area contributed by atoms with Gasteiger partial charge in [0.05, 0.1) is 5.60 Å². The average molecular weight is 218 g/mol. The fraction of sp³-hybridized carbons (Fsp3) is 0.600. The predicted molar refractivity (Wildman–Crippen MR) is 67.3 cm³/mol. The van der Waals surface area contributed by atoms with E-state index in [1.165, 1.54) is 5.56 Å². The monoisotopic (exact) mass is 218 g/mol. The van der Waals surface area contributed by atoms with Crippen LogP contribution in [-0.4, -0.2) is 5.11 Å². The van der Waals surface area contributed by atoms with Gasteiger partial charge in [-0.05, 0) is 36.7 Å². The number of benzene rings is 1. The van der Waals surface area contributed by atoms with Gasteiger partial charge in [-0.1, -0.05) is 50.6 Å². The van der Waals surface area contributed by atoms with Crippen LogP contribution in [0.4, 0.5) is 0 Å². The summed E-state index contributed by atoms with van der Waals surface area (Å²) < 4.78 is 0. The summed E-state index contributed by atoms with van der Waals surface area (Å²) in [7, 11) is 0. The molecule has 2 atom stereocenters. The predicted octanol–water partition coefficient (Wildman–Crippen LogP) is 3.64. The number of hydrogen-bond donors (Lipinski definition) is 1. The van der Waals surface area contributed by atoms with E-state index < -0.39 is 5.60 Å². The first kappa shape index (κ1) is 11.7. The third-order valence-corrected chi connectivity index (χ3v) is 3.97. The van der Waals surface area contributed by atoms with Crippen molar-refractivity contribution in [1.29, 1.82) is 0 Å². The lowest BCUT2D eigenvalue weighted by Gasteiger charge is -2.29. The molecule has 1 aromatic carbocycles. The maximum atomic E-state index is 10.9. The molecule has 1 aliphatic carbocycles. The van der Waals surface area contributed by atoms with Gasteiger partial charge in [-0.2, -0.15) is 0 Å². The first-order valence-electron chi connectivity index (χ1n) is 6.13. The van der Waals surface area contributed by atoms with Gasteiger partial charge in [0, 0.05) is 0 Å². The van der Waals surface area contributed by atoms with Crippen molar-refractivity contribution in [3.05, 3.63) is 35.4 Å². The van der Waals surface area contributed by atoms with Crippen LogP contribution in [0.1, 0.15) is 44.7 Å². The van der Waals surface area contributed by atoms with E-state index >= 15 is 0 Å². The maximum Gasteiger partial charge on any atom is 0.0927 e. The highest BCUT2D eigenvalue weighted by Crippen LogP contribution is 2.52. The molecule has 0 aromatic heterocycles. The zero-order valence-electron chi connectivity index (χ0n) is 10.7. The molecule has 16 heavy (non-hydrogen) atoms. The van der Waals surface area contributed by atoms with Gasteiger partial charge in [0.1, 0.15) is 0 Å². The van der Waals surface area contributed by atoms with Crippen molar-refractivity contribution in [1.82, 2.24) is 0 Å². The fourth-order valence-electron chi connectivity index (χ4n) is 3.20. The Labute approximate surface area is 98.5 Å². The lowest BCUT2D eigenvalue weighted by Crippen LogP contribution is -2.29. The zero-order chi connectivity index (χ0) is 12.0. The van der Waals surface area contributed by atoms with Crippen LogP contribution in [0, 0.1) is 18.3 Å². The van der Waals surface area contributed by atoms with E-state index in [0.717, 1.165) is 18.4 Å². The minimum Gasteiger partial charge on any atom is -0.385 e. The molecule has 88 valence electrons. The highest BCUT2D eigenvalue weighted by Gasteiger charge is 2.48. The van der Waals surface area contributed by atoms with Crippen molar-refractivity contribution in [2.45, 2.75) is 46.1 Å². The number of hydrogen-bond acceptors (Lipinski definition) is 1. The fourth-order valence-corrected chi connectivity index (χ4v) is 3.20. The Bertz CT molecular complexity index is 377. The van der Waals surface area contributed by atoms with Gasteiger partial charge in [0.2, 0.25) is 0 Å². The van der Waals surface area contributed by atoms with E-state index in [9.17, 15) is 5.11 Å². The second-order valence-corrected chi connectivity index (χ2v) is 6.24. The van der Waals surface area contributed by atoms with Crippen LogP contribution in [0.25, 0.3) is 0 Å². The molecule has 0 aliphatic heterocycles. The topological polar surface area (TPSA) is 20.2 Å². The SMILES string of the molecule is Cc1ccc(C2(O)CC(C)(C)CC2C)cc1. The Morgan fingerprint density at radius 1 is 1.19 bits per heavy atom. The molecule has 0 amide bonds. The summed E-state index contributed by atoms with van der Waals surface area (Å²) in [6, 6.07) is 8.33. The Balaban J connectivity index is 2.36. The lowest BCUT2D eigenvalue weighted by atomic mass is 9.83. The molecule has 2 rings (SSSR count). The third-order valence-electron chi connectivity index (χ3n) is 3.97. The molecule has 1 N–H and O–H groups in total. The number of aryl methyl sites for hydroxylation is 1. The molecule has 1 fully saturated rings. The molecule has 1 nitrogen and oxygen atoms in total. The Morgan fingerprint density at radius 3 is 2.19 bits per heavy atom. The summed E-state index contributed by atoms with van der Waals surface area (Å²) in [6.07, 6.45) is 1.96. The highest BCUT2D eigenvalue weighted by molar-refractivity contribution is 5.28. The summed E-state index contributed by atoms with van der Waals surface area (Å²) in [5.74, 6) is 0.338. The van der Waals surface area contributed by atoms with Crippen molar-refractivity contribution >= 4 is 0 Å². The molecule has 1 aromatic rings. The van der Waals surface area contributed by atoms with Crippen LogP contribution < -0.4 is 0 Å². The summed E-state index contributed by atoms with van der Waals surface area (Å²) >= 11 is 0. The summed E-state index contributed by atoms with van der Waals surface area (Å²) in [5, 5.41) is 10.9. The first-order valence-corrected chi connectivity index (χ1v) is 6.13. The minimum atomic E-state index is -0.628. The van der Waals surface area contributed by atoms with Crippen molar-refractivity contribution in [3.8, 4) is 0 Å². The second-order valence-electron chi connectivity index (χ2n) is 6.24. The normalized spacial score (nSPS) is 32.9. The average Bonchev–Trinajstić information content (AvgIpc) is 2.37. The molecule has 0 spiro atoms. The Hall–Kier alpha value is -0.820. The molecular formula is C15H22O. The molecule has 1 aliphatic rings. The van der Waals surface area contributed by atoms with Crippen molar-refractivity contribution < 1.29 is 5.11 Å². The van der Waals surface area contributed by atoms with Gasteiger partial charge in [-0.15, -0.1) is 0 Å². The van der Waals surface area contributed by atoms with Gasteiger partial charge in [-0.25, -0.2) is 0 Å². The van der Waals surface area contributed by atoms with Gasteiger partial charge >= 0.3 is 0 Å². The van der Waals surface area contributed by atoms with E-state index in [2.05, 4.69) is 52.0 Å². The van der Waals surface area contributed by atoms with Crippen LogP contribution in [-0.2, 0) is 5.60 Å². The number of aliphatic hydroxyl groups is 1. The van der Waals surface area contributed by atoms with E-state index in [4.69, 9.17) is 0 Å². The standard InChI is InChI=1S/C15H22O/c1-11-5-7-13(8-6-11)15(16)10-14(3,4)9-12(15)2/h5-8,12,16H,9-10H2,1-4H3. The maximum absolute atomic E-state index is 10.9. The van der Waals surface area contributed by atoms with E-state index in [1.54, 1.807) is 0 Å². The van der Waals surface area contributed by atoms with E-state index in [0.29, 0.717) is 5.92 Å². The van der Waals surface area contributed by atoms with Crippen LogP contribution in [0.2, 0.25) is 0 Å². The largest absolute Gasteiger partial charge is 0.385 e. The minimum absolute atomic E-state index is 0.249. The molecule has 1 heteroatoms. The Morgan fingerprint density at radius 2 is 1.75 bits per heavy atom. The van der Waals surface area contributed by atoms with Crippen LogP contribution in [0.5, 0.6) is 0 Å². The highest BCUT2D eigenvalue weighted by atomic mass is 16.3. The van der Waals surface area contributed by atoms with Crippen LogP contribution >= 0.6 is 0 Å². The molecule has 0 heterocycles. The van der Waals surface area contributed by atoms with Crippen molar-refractivity contribution in [2.24, 2.45) is 11.3 Å². The van der Waals surface area contributed by atoms with Gasteiger partial charge in [-0.3, -0.25) is 0 Å². The third kappa shape index (κ3) is 1.89. The summed E-state index contributed by atoms with van der Waals surface area (Å²) in [6.45, 7) is 8.73. The quantitative estimate of drug-likeness (QED) is 0.763. The molecular weight excluding hydrogens is 196 g/mol. The summed E-state index contributed by atoms with van der Waals surface area (Å²) in [5.41, 5.74) is 1.95. The molecule has 1 saturated carbocycles.